The van der Waals surface area contributed by atoms with E-state index in [9.17, 15) is 0 Å². The topological polar surface area (TPSA) is 55.6 Å². The Morgan fingerprint density at radius 1 is 1.30 bits per heavy atom. The summed E-state index contributed by atoms with van der Waals surface area (Å²) in [6.45, 7) is 7.39. The summed E-state index contributed by atoms with van der Waals surface area (Å²) in [6, 6.07) is 2.64. The van der Waals surface area contributed by atoms with Gasteiger partial charge in [-0.2, -0.15) is 5.10 Å². The summed E-state index contributed by atoms with van der Waals surface area (Å²) in [5.41, 5.74) is 2.05. The number of aromatic nitrogens is 4. The third-order valence-corrected chi connectivity index (χ3v) is 3.19. The summed E-state index contributed by atoms with van der Waals surface area (Å²) in [6.07, 6.45) is 9.23. The fraction of sp³-hybridized carbons (Fsp3) is 0.533. The Kier molecular flexibility index (Phi) is 5.24. The highest BCUT2D eigenvalue weighted by Crippen LogP contribution is 2.15. The van der Waals surface area contributed by atoms with Crippen LogP contribution in [0.3, 0.4) is 0 Å². The molecule has 20 heavy (non-hydrogen) atoms. The molecule has 0 radical (unpaired) electrons. The van der Waals surface area contributed by atoms with Gasteiger partial charge in [-0.05, 0) is 32.9 Å². The van der Waals surface area contributed by atoms with Crippen LogP contribution in [-0.2, 0) is 6.42 Å². The molecule has 0 aliphatic rings. The van der Waals surface area contributed by atoms with Gasteiger partial charge in [0.15, 0.2) is 0 Å². The van der Waals surface area contributed by atoms with Crippen LogP contribution in [-0.4, -0.2) is 26.3 Å². The van der Waals surface area contributed by atoms with Gasteiger partial charge in [0.05, 0.1) is 17.4 Å². The Morgan fingerprint density at radius 2 is 2.15 bits per heavy atom. The molecule has 0 saturated carbocycles. The molecule has 5 heteroatoms. The number of rotatable bonds is 7. The first kappa shape index (κ1) is 14.7. The van der Waals surface area contributed by atoms with E-state index in [-0.39, 0.29) is 6.04 Å². The van der Waals surface area contributed by atoms with Gasteiger partial charge in [-0.1, -0.05) is 6.92 Å². The number of hydrogen-bond acceptors (Lipinski definition) is 4. The minimum atomic E-state index is 0.166. The summed E-state index contributed by atoms with van der Waals surface area (Å²) < 4.78 is 1.99. The van der Waals surface area contributed by atoms with Crippen molar-refractivity contribution in [2.45, 2.75) is 45.7 Å². The summed E-state index contributed by atoms with van der Waals surface area (Å²) in [4.78, 5) is 8.57. The van der Waals surface area contributed by atoms with E-state index in [2.05, 4.69) is 47.2 Å². The van der Waals surface area contributed by atoms with Gasteiger partial charge < -0.3 is 5.32 Å². The molecule has 0 bridgehead atoms. The smallest absolute Gasteiger partial charge is 0.0760 e. The van der Waals surface area contributed by atoms with Crippen molar-refractivity contribution in [3.63, 3.8) is 0 Å². The van der Waals surface area contributed by atoms with Crippen molar-refractivity contribution in [2.75, 3.05) is 6.54 Å². The molecule has 0 amide bonds. The number of nitrogens with zero attached hydrogens (tertiary/aromatic N) is 4. The first-order valence-corrected chi connectivity index (χ1v) is 7.24. The van der Waals surface area contributed by atoms with Gasteiger partial charge in [-0.15, -0.1) is 0 Å². The summed E-state index contributed by atoms with van der Waals surface area (Å²) in [5.74, 6) is 0. The number of nitrogens with one attached hydrogen (secondary N) is 1. The summed E-state index contributed by atoms with van der Waals surface area (Å²) >= 11 is 0. The molecule has 1 atom stereocenters. The molecular formula is C15H23N5. The maximum absolute atomic E-state index is 4.61. The molecule has 0 fully saturated rings. The molecule has 2 aromatic rings. The summed E-state index contributed by atoms with van der Waals surface area (Å²) in [5, 5.41) is 8.13. The average Bonchev–Trinajstić information content (AvgIpc) is 2.93. The van der Waals surface area contributed by atoms with Crippen LogP contribution in [0.1, 0.15) is 50.7 Å². The van der Waals surface area contributed by atoms with Crippen molar-refractivity contribution in [3.05, 3.63) is 42.2 Å². The van der Waals surface area contributed by atoms with Crippen LogP contribution in [0.25, 0.3) is 0 Å². The third kappa shape index (κ3) is 3.87. The van der Waals surface area contributed by atoms with Crippen LogP contribution in [0, 0.1) is 0 Å². The highest BCUT2D eigenvalue weighted by atomic mass is 15.3. The van der Waals surface area contributed by atoms with Crippen LogP contribution in [0.2, 0.25) is 0 Å². The Hall–Kier alpha value is -1.75. The van der Waals surface area contributed by atoms with Crippen molar-refractivity contribution in [1.82, 2.24) is 25.1 Å². The lowest BCUT2D eigenvalue weighted by molar-refractivity contribution is 0.492. The standard InChI is InChI=1S/C15H23N5/c1-4-6-17-14(15-11-16-7-8-18-15)10-13-5-9-20(19-13)12(2)3/h5,7-9,11-12,14,17H,4,6,10H2,1-3H3. The van der Waals surface area contributed by atoms with Gasteiger partial charge in [0.1, 0.15) is 0 Å². The highest BCUT2D eigenvalue weighted by molar-refractivity contribution is 5.09. The molecule has 0 aromatic carbocycles. The second kappa shape index (κ2) is 7.14. The fourth-order valence-corrected chi connectivity index (χ4v) is 2.07. The lowest BCUT2D eigenvalue weighted by atomic mass is 10.1. The van der Waals surface area contributed by atoms with E-state index in [1.807, 2.05) is 17.1 Å². The predicted octanol–water partition coefficient (Wildman–Crippen LogP) is 2.54. The van der Waals surface area contributed by atoms with Crippen LogP contribution in [0.15, 0.2) is 30.9 Å². The SMILES string of the molecule is CCCNC(Cc1ccn(C(C)C)n1)c1cnccn1. The second-order valence-electron chi connectivity index (χ2n) is 5.22. The molecule has 2 aromatic heterocycles. The van der Waals surface area contributed by atoms with Crippen LogP contribution in [0.4, 0.5) is 0 Å². The fourth-order valence-electron chi connectivity index (χ4n) is 2.07. The van der Waals surface area contributed by atoms with Crippen LogP contribution < -0.4 is 5.32 Å². The van der Waals surface area contributed by atoms with E-state index in [1.54, 1.807) is 12.4 Å². The Bertz CT molecular complexity index is 506. The Morgan fingerprint density at radius 3 is 2.75 bits per heavy atom. The normalized spacial score (nSPS) is 12.8. The van der Waals surface area contributed by atoms with Crippen molar-refractivity contribution >= 4 is 0 Å². The van der Waals surface area contributed by atoms with Gasteiger partial charge in [-0.25, -0.2) is 0 Å². The first-order valence-electron chi connectivity index (χ1n) is 7.24. The molecular weight excluding hydrogens is 250 g/mol. The van der Waals surface area contributed by atoms with E-state index in [0.717, 1.165) is 30.8 Å². The highest BCUT2D eigenvalue weighted by Gasteiger charge is 2.15. The minimum absolute atomic E-state index is 0.166. The van der Waals surface area contributed by atoms with E-state index in [1.165, 1.54) is 0 Å². The predicted molar refractivity (Wildman–Crippen MR) is 79.4 cm³/mol. The number of hydrogen-bond donors (Lipinski definition) is 1. The van der Waals surface area contributed by atoms with Gasteiger partial charge in [0.2, 0.25) is 0 Å². The molecule has 108 valence electrons. The van der Waals surface area contributed by atoms with Crippen LogP contribution in [0.5, 0.6) is 0 Å². The van der Waals surface area contributed by atoms with Crippen molar-refractivity contribution in [2.24, 2.45) is 0 Å². The quantitative estimate of drug-likeness (QED) is 0.842. The van der Waals surface area contributed by atoms with Crippen molar-refractivity contribution in [1.29, 1.82) is 0 Å². The van der Waals surface area contributed by atoms with Gasteiger partial charge in [-0.3, -0.25) is 14.6 Å². The molecule has 2 rings (SSSR count). The van der Waals surface area contributed by atoms with Crippen molar-refractivity contribution in [3.8, 4) is 0 Å². The molecule has 1 unspecified atom stereocenters. The zero-order chi connectivity index (χ0) is 14.4. The van der Waals surface area contributed by atoms with Gasteiger partial charge >= 0.3 is 0 Å². The van der Waals surface area contributed by atoms with Gasteiger partial charge in [0, 0.05) is 37.3 Å². The van der Waals surface area contributed by atoms with Crippen molar-refractivity contribution < 1.29 is 0 Å². The third-order valence-electron chi connectivity index (χ3n) is 3.19. The maximum atomic E-state index is 4.61. The van der Waals surface area contributed by atoms with E-state index in [0.29, 0.717) is 6.04 Å². The van der Waals surface area contributed by atoms with E-state index in [4.69, 9.17) is 0 Å². The minimum Gasteiger partial charge on any atom is -0.308 e. The van der Waals surface area contributed by atoms with E-state index < -0.39 is 0 Å². The zero-order valence-electron chi connectivity index (χ0n) is 12.5. The Balaban J connectivity index is 2.10. The maximum Gasteiger partial charge on any atom is 0.0760 e. The molecule has 5 nitrogen and oxygen atoms in total. The lowest BCUT2D eigenvalue weighted by Crippen LogP contribution is -2.25. The Labute approximate surface area is 120 Å². The molecule has 0 spiro atoms. The van der Waals surface area contributed by atoms with Crippen LogP contribution >= 0.6 is 0 Å². The molecule has 1 N–H and O–H groups in total. The monoisotopic (exact) mass is 273 g/mol. The molecule has 0 aliphatic heterocycles. The second-order valence-corrected chi connectivity index (χ2v) is 5.22. The van der Waals surface area contributed by atoms with Gasteiger partial charge in [0.25, 0.3) is 0 Å². The molecule has 0 saturated heterocycles. The van der Waals surface area contributed by atoms with E-state index >= 15 is 0 Å². The summed E-state index contributed by atoms with van der Waals surface area (Å²) in [7, 11) is 0. The zero-order valence-corrected chi connectivity index (χ0v) is 12.5. The largest absolute Gasteiger partial charge is 0.308 e. The average molecular weight is 273 g/mol. The lowest BCUT2D eigenvalue weighted by Gasteiger charge is -2.16. The molecule has 2 heterocycles. The first-order chi connectivity index (χ1) is 9.70. The molecule has 0 aliphatic carbocycles.